The molecule has 2 aromatic rings. The molecule has 0 aromatic heterocycles. The van der Waals surface area contributed by atoms with Crippen LogP contribution in [0.4, 0.5) is 4.79 Å². The molecule has 2 aliphatic carbocycles. The molecule has 2 amide bonds. The van der Waals surface area contributed by atoms with Gasteiger partial charge in [0, 0.05) is 37.0 Å². The van der Waals surface area contributed by atoms with Gasteiger partial charge in [-0.15, -0.1) is 0 Å². The quantitative estimate of drug-likeness (QED) is 0.655. The number of carboxylic acid groups (broad SMARTS) is 1. The highest BCUT2D eigenvalue weighted by molar-refractivity contribution is 5.87. The maximum absolute atomic E-state index is 13.1. The second-order valence-electron chi connectivity index (χ2n) is 9.57. The molecule has 182 valence electrons. The van der Waals surface area contributed by atoms with Gasteiger partial charge in [0.1, 0.15) is 6.61 Å². The van der Waals surface area contributed by atoms with E-state index in [1.165, 1.54) is 22.3 Å². The van der Waals surface area contributed by atoms with Crippen LogP contribution in [0.2, 0.25) is 0 Å². The van der Waals surface area contributed by atoms with Crippen LogP contribution in [0.15, 0.2) is 60.2 Å². The lowest BCUT2D eigenvalue weighted by Gasteiger charge is -2.30. The first kappa shape index (κ1) is 23.1. The summed E-state index contributed by atoms with van der Waals surface area (Å²) >= 11 is 0. The van der Waals surface area contributed by atoms with E-state index in [4.69, 9.17) is 9.84 Å². The SMILES string of the molecule is O=C(NCC1CCCC1C(=O)N1CC=C(C(=O)O)CC1)OCC1c2ccccc2-c2ccccc21. The molecular formula is C28H30N2O5. The van der Waals surface area contributed by atoms with Crippen molar-refractivity contribution in [2.24, 2.45) is 11.8 Å². The van der Waals surface area contributed by atoms with Crippen molar-refractivity contribution in [1.29, 1.82) is 0 Å². The number of hydrogen-bond acceptors (Lipinski definition) is 4. The zero-order valence-electron chi connectivity index (χ0n) is 19.6. The van der Waals surface area contributed by atoms with Crippen LogP contribution in [0, 0.1) is 11.8 Å². The van der Waals surface area contributed by atoms with Crippen LogP contribution in [0.5, 0.6) is 0 Å². The van der Waals surface area contributed by atoms with Crippen LogP contribution < -0.4 is 5.32 Å². The molecule has 7 heteroatoms. The number of nitrogens with zero attached hydrogens (tertiary/aromatic N) is 1. The van der Waals surface area contributed by atoms with E-state index in [0.717, 1.165) is 19.3 Å². The third kappa shape index (κ3) is 4.67. The Morgan fingerprint density at radius 3 is 2.31 bits per heavy atom. The van der Waals surface area contributed by atoms with Gasteiger partial charge < -0.3 is 20.1 Å². The van der Waals surface area contributed by atoms with Crippen molar-refractivity contribution in [2.45, 2.75) is 31.6 Å². The highest BCUT2D eigenvalue weighted by Gasteiger charge is 2.36. The van der Waals surface area contributed by atoms with Gasteiger partial charge in [-0.1, -0.05) is 61.0 Å². The van der Waals surface area contributed by atoms with Gasteiger partial charge in [0.15, 0.2) is 0 Å². The van der Waals surface area contributed by atoms with E-state index >= 15 is 0 Å². The fourth-order valence-electron chi connectivity index (χ4n) is 5.77. The second kappa shape index (κ2) is 9.94. The van der Waals surface area contributed by atoms with Crippen LogP contribution >= 0.6 is 0 Å². The number of ether oxygens (including phenoxy) is 1. The summed E-state index contributed by atoms with van der Waals surface area (Å²) in [5, 5.41) is 12.0. The summed E-state index contributed by atoms with van der Waals surface area (Å²) in [6.45, 7) is 1.43. The minimum absolute atomic E-state index is 0.0109. The van der Waals surface area contributed by atoms with Crippen LogP contribution in [0.1, 0.15) is 42.7 Å². The van der Waals surface area contributed by atoms with E-state index in [2.05, 4.69) is 29.6 Å². The molecule has 35 heavy (non-hydrogen) atoms. The first-order chi connectivity index (χ1) is 17.0. The Morgan fingerprint density at radius 2 is 1.69 bits per heavy atom. The Bertz CT molecular complexity index is 1130. The molecular weight excluding hydrogens is 444 g/mol. The fraction of sp³-hybridized carbons (Fsp3) is 0.393. The predicted molar refractivity (Wildman–Crippen MR) is 131 cm³/mol. The highest BCUT2D eigenvalue weighted by Crippen LogP contribution is 2.44. The lowest BCUT2D eigenvalue weighted by molar-refractivity contribution is -0.138. The summed E-state index contributed by atoms with van der Waals surface area (Å²) < 4.78 is 5.64. The molecule has 0 bridgehead atoms. The second-order valence-corrected chi connectivity index (χ2v) is 9.57. The molecule has 2 unspecified atom stereocenters. The molecule has 0 radical (unpaired) electrons. The number of carbonyl (C=O) groups excluding carboxylic acids is 2. The molecule has 0 saturated heterocycles. The number of carbonyl (C=O) groups is 3. The maximum Gasteiger partial charge on any atom is 0.407 e. The Kier molecular flexibility index (Phi) is 6.57. The topological polar surface area (TPSA) is 95.9 Å². The average Bonchev–Trinajstić information content (AvgIpc) is 3.48. The van der Waals surface area contributed by atoms with Crippen LogP contribution in [0.3, 0.4) is 0 Å². The first-order valence-corrected chi connectivity index (χ1v) is 12.3. The van der Waals surface area contributed by atoms with E-state index in [0.29, 0.717) is 31.6 Å². The number of rotatable bonds is 6. The molecule has 2 N–H and O–H groups in total. The number of nitrogens with one attached hydrogen (secondary N) is 1. The van der Waals surface area contributed by atoms with Gasteiger partial charge in [0.25, 0.3) is 0 Å². The van der Waals surface area contributed by atoms with Crippen LogP contribution in [-0.4, -0.2) is 54.2 Å². The predicted octanol–water partition coefficient (Wildman–Crippen LogP) is 4.18. The monoisotopic (exact) mass is 474 g/mol. The Balaban J connectivity index is 1.15. The lowest BCUT2D eigenvalue weighted by atomic mass is 9.93. The van der Waals surface area contributed by atoms with Gasteiger partial charge in [0.2, 0.25) is 5.91 Å². The van der Waals surface area contributed by atoms with Gasteiger partial charge in [-0.25, -0.2) is 9.59 Å². The number of benzene rings is 2. The van der Waals surface area contributed by atoms with Gasteiger partial charge in [0.05, 0.1) is 0 Å². The van der Waals surface area contributed by atoms with E-state index in [1.54, 1.807) is 11.0 Å². The summed E-state index contributed by atoms with van der Waals surface area (Å²) in [4.78, 5) is 38.5. The zero-order chi connectivity index (χ0) is 24.4. The largest absolute Gasteiger partial charge is 0.478 e. The van der Waals surface area contributed by atoms with Crippen molar-refractivity contribution in [3.63, 3.8) is 0 Å². The van der Waals surface area contributed by atoms with Gasteiger partial charge in [-0.2, -0.15) is 0 Å². The normalized spacial score (nSPS) is 21.1. The summed E-state index contributed by atoms with van der Waals surface area (Å²) in [5.74, 6) is -0.932. The Hall–Kier alpha value is -3.61. The van der Waals surface area contributed by atoms with E-state index < -0.39 is 12.1 Å². The number of fused-ring (bicyclic) bond motifs is 3. The summed E-state index contributed by atoms with van der Waals surface area (Å²) in [5.41, 5.74) is 5.09. The third-order valence-electron chi connectivity index (χ3n) is 7.62. The molecule has 2 aromatic carbocycles. The molecule has 3 aliphatic rings. The third-order valence-corrected chi connectivity index (χ3v) is 7.62. The first-order valence-electron chi connectivity index (χ1n) is 12.3. The molecule has 0 spiro atoms. The number of aliphatic carboxylic acids is 1. The van der Waals surface area contributed by atoms with Gasteiger partial charge in [-0.3, -0.25) is 4.79 Å². The van der Waals surface area contributed by atoms with Crippen molar-refractivity contribution >= 4 is 18.0 Å². The number of alkyl carbamates (subject to hydrolysis) is 1. The molecule has 7 nitrogen and oxygen atoms in total. The number of hydrogen-bond donors (Lipinski definition) is 2. The molecule has 1 saturated carbocycles. The van der Waals surface area contributed by atoms with Gasteiger partial charge >= 0.3 is 12.1 Å². The minimum Gasteiger partial charge on any atom is -0.478 e. The molecule has 2 atom stereocenters. The fourth-order valence-corrected chi connectivity index (χ4v) is 5.77. The average molecular weight is 475 g/mol. The molecule has 1 fully saturated rings. The molecule has 1 aliphatic heterocycles. The summed E-state index contributed by atoms with van der Waals surface area (Å²) in [6.07, 6.45) is 4.15. The molecule has 5 rings (SSSR count). The maximum atomic E-state index is 13.1. The van der Waals surface area contributed by atoms with E-state index in [-0.39, 0.29) is 30.3 Å². The Labute approximate surface area is 204 Å². The van der Waals surface area contributed by atoms with Gasteiger partial charge in [-0.05, 0) is 47.4 Å². The van der Waals surface area contributed by atoms with Crippen molar-refractivity contribution in [1.82, 2.24) is 10.2 Å². The van der Waals surface area contributed by atoms with Crippen molar-refractivity contribution in [3.8, 4) is 11.1 Å². The van der Waals surface area contributed by atoms with Crippen molar-refractivity contribution in [3.05, 3.63) is 71.3 Å². The minimum atomic E-state index is -0.914. The number of carboxylic acids is 1. The van der Waals surface area contributed by atoms with Crippen molar-refractivity contribution < 1.29 is 24.2 Å². The van der Waals surface area contributed by atoms with Crippen LogP contribution in [0.25, 0.3) is 11.1 Å². The standard InChI is InChI=1S/C28H30N2O5/c31-26(30-14-12-18(13-15-30)27(32)33)20-11-5-6-19(20)16-29-28(34)35-17-25-23-9-3-1-7-21(23)22-8-2-4-10-24(22)25/h1-4,7-10,12,19-20,25H,5-6,11,13-17H2,(H,29,34)(H,32,33). The zero-order valence-corrected chi connectivity index (χ0v) is 19.6. The van der Waals surface area contributed by atoms with E-state index in [1.807, 2.05) is 24.3 Å². The smallest absolute Gasteiger partial charge is 0.407 e. The van der Waals surface area contributed by atoms with E-state index in [9.17, 15) is 14.4 Å². The molecule has 1 heterocycles. The van der Waals surface area contributed by atoms with Crippen LogP contribution in [-0.2, 0) is 14.3 Å². The summed E-state index contributed by atoms with van der Waals surface area (Å²) in [6, 6.07) is 16.5. The lowest BCUT2D eigenvalue weighted by Crippen LogP contribution is -2.42. The summed E-state index contributed by atoms with van der Waals surface area (Å²) in [7, 11) is 0. The van der Waals surface area contributed by atoms with Crippen molar-refractivity contribution in [2.75, 3.05) is 26.2 Å². The number of amides is 2. The highest BCUT2D eigenvalue weighted by atomic mass is 16.5. The Morgan fingerprint density at radius 1 is 1.00 bits per heavy atom.